The average Bonchev–Trinajstić information content (AvgIpc) is 2.44. The molecular weight excluding hydrogens is 270 g/mol. The third-order valence-electron chi connectivity index (χ3n) is 3.90. The first-order chi connectivity index (χ1) is 10.0. The number of anilines is 2. The van der Waals surface area contributed by atoms with Crippen molar-refractivity contribution in [3.8, 4) is 0 Å². The summed E-state index contributed by atoms with van der Waals surface area (Å²) >= 11 is 0. The predicted molar refractivity (Wildman–Crippen MR) is 81.7 cm³/mol. The Morgan fingerprint density at radius 1 is 1.19 bits per heavy atom. The van der Waals surface area contributed by atoms with Crippen molar-refractivity contribution in [1.82, 2.24) is 0 Å². The van der Waals surface area contributed by atoms with Gasteiger partial charge in [-0.05, 0) is 19.4 Å². The van der Waals surface area contributed by atoms with E-state index in [0.717, 1.165) is 0 Å². The van der Waals surface area contributed by atoms with Crippen LogP contribution in [0.25, 0.3) is 0 Å². The minimum atomic E-state index is -0.814. The van der Waals surface area contributed by atoms with Gasteiger partial charge in [-0.25, -0.2) is 8.78 Å². The molecular formula is C17H18F2N2. The maximum Gasteiger partial charge on any atom is 0.161 e. The number of aryl methyl sites for hydroxylation is 1. The summed E-state index contributed by atoms with van der Waals surface area (Å²) in [7, 11) is 0. The van der Waals surface area contributed by atoms with Crippen LogP contribution in [0.1, 0.15) is 18.1 Å². The van der Waals surface area contributed by atoms with Crippen LogP contribution in [0.2, 0.25) is 0 Å². The van der Waals surface area contributed by atoms with Crippen molar-refractivity contribution < 1.29 is 8.78 Å². The molecule has 0 amide bonds. The number of nitrogens with one attached hydrogen (secondary N) is 1. The lowest BCUT2D eigenvalue weighted by molar-refractivity contribution is 0.506. The van der Waals surface area contributed by atoms with Crippen LogP contribution in [0.3, 0.4) is 0 Å². The van der Waals surface area contributed by atoms with Crippen LogP contribution < -0.4 is 10.2 Å². The highest BCUT2D eigenvalue weighted by Gasteiger charge is 2.24. The van der Waals surface area contributed by atoms with Crippen molar-refractivity contribution in [1.29, 1.82) is 0 Å². The van der Waals surface area contributed by atoms with Crippen LogP contribution in [0.4, 0.5) is 20.2 Å². The monoisotopic (exact) mass is 288 g/mol. The average molecular weight is 288 g/mol. The molecule has 1 atom stereocenters. The van der Waals surface area contributed by atoms with Gasteiger partial charge >= 0.3 is 0 Å². The fourth-order valence-corrected chi connectivity index (χ4v) is 2.77. The molecule has 21 heavy (non-hydrogen) atoms. The number of rotatable bonds is 2. The van der Waals surface area contributed by atoms with Gasteiger partial charge in [-0.15, -0.1) is 0 Å². The Bertz CT molecular complexity index is 670. The molecule has 0 radical (unpaired) electrons. The van der Waals surface area contributed by atoms with Gasteiger partial charge < -0.3 is 10.2 Å². The molecule has 2 nitrogen and oxygen atoms in total. The van der Waals surface area contributed by atoms with Gasteiger partial charge in [0.2, 0.25) is 0 Å². The Hall–Kier alpha value is -2.10. The van der Waals surface area contributed by atoms with E-state index >= 15 is 0 Å². The van der Waals surface area contributed by atoms with E-state index in [1.54, 1.807) is 0 Å². The number of nitrogens with zero attached hydrogens (tertiary/aromatic N) is 1. The first kappa shape index (κ1) is 13.9. The summed E-state index contributed by atoms with van der Waals surface area (Å²) in [6.07, 6.45) is 0. The Morgan fingerprint density at radius 3 is 2.71 bits per heavy atom. The highest BCUT2D eigenvalue weighted by Crippen LogP contribution is 2.34. The first-order valence-corrected chi connectivity index (χ1v) is 7.09. The van der Waals surface area contributed by atoms with Crippen LogP contribution in [-0.2, 0) is 6.54 Å². The number of halogens is 2. The summed E-state index contributed by atoms with van der Waals surface area (Å²) in [5, 5.41) is 3.16. The van der Waals surface area contributed by atoms with Gasteiger partial charge in [0.1, 0.15) is 0 Å². The smallest absolute Gasteiger partial charge is 0.161 e. The standard InChI is InChI=1S/C17H18F2N2/c1-11-4-3-5-13(6-11)10-21-12(2)9-20-16-7-14(18)15(19)8-17(16)21/h3-8,12,20H,9-10H2,1-2H3. The van der Waals surface area contributed by atoms with Crippen molar-refractivity contribution >= 4 is 11.4 Å². The molecule has 1 heterocycles. The minimum Gasteiger partial charge on any atom is -0.381 e. The van der Waals surface area contributed by atoms with Gasteiger partial charge in [-0.1, -0.05) is 29.8 Å². The lowest BCUT2D eigenvalue weighted by Crippen LogP contribution is -2.41. The number of hydrogen-bond donors (Lipinski definition) is 1. The van der Waals surface area contributed by atoms with Gasteiger partial charge in [0.25, 0.3) is 0 Å². The number of benzene rings is 2. The first-order valence-electron chi connectivity index (χ1n) is 7.09. The van der Waals surface area contributed by atoms with Crippen LogP contribution >= 0.6 is 0 Å². The van der Waals surface area contributed by atoms with E-state index in [2.05, 4.69) is 29.3 Å². The lowest BCUT2D eigenvalue weighted by atomic mass is 10.1. The van der Waals surface area contributed by atoms with E-state index in [4.69, 9.17) is 0 Å². The van der Waals surface area contributed by atoms with E-state index in [1.807, 2.05) is 19.1 Å². The molecule has 3 rings (SSSR count). The zero-order chi connectivity index (χ0) is 15.0. The maximum absolute atomic E-state index is 13.6. The molecule has 2 aromatic carbocycles. The van der Waals surface area contributed by atoms with Crippen LogP contribution in [0.5, 0.6) is 0 Å². The second kappa shape index (κ2) is 5.35. The molecule has 0 bridgehead atoms. The third kappa shape index (κ3) is 2.71. The zero-order valence-corrected chi connectivity index (χ0v) is 12.2. The summed E-state index contributed by atoms with van der Waals surface area (Å²) in [4.78, 5) is 2.11. The van der Waals surface area contributed by atoms with Crippen LogP contribution in [0.15, 0.2) is 36.4 Å². The second-order valence-corrected chi connectivity index (χ2v) is 5.63. The Kier molecular flexibility index (Phi) is 3.53. The zero-order valence-electron chi connectivity index (χ0n) is 12.2. The summed E-state index contributed by atoms with van der Waals surface area (Å²) in [5.74, 6) is -1.62. The molecule has 0 spiro atoms. The van der Waals surface area contributed by atoms with Crippen molar-refractivity contribution in [3.05, 3.63) is 59.2 Å². The molecule has 1 N–H and O–H groups in total. The molecule has 110 valence electrons. The summed E-state index contributed by atoms with van der Waals surface area (Å²) in [6.45, 7) is 5.52. The number of fused-ring (bicyclic) bond motifs is 1. The quantitative estimate of drug-likeness (QED) is 0.895. The Morgan fingerprint density at radius 2 is 1.95 bits per heavy atom. The van der Waals surface area contributed by atoms with E-state index in [0.29, 0.717) is 24.5 Å². The molecule has 1 aliphatic heterocycles. The van der Waals surface area contributed by atoms with Crippen molar-refractivity contribution in [2.75, 3.05) is 16.8 Å². The summed E-state index contributed by atoms with van der Waals surface area (Å²) in [5.41, 5.74) is 3.73. The predicted octanol–water partition coefficient (Wildman–Crippen LogP) is 4.09. The second-order valence-electron chi connectivity index (χ2n) is 5.63. The summed E-state index contributed by atoms with van der Waals surface area (Å²) < 4.78 is 27.0. The SMILES string of the molecule is Cc1cccc(CN2c3cc(F)c(F)cc3NCC2C)c1. The van der Waals surface area contributed by atoms with Gasteiger partial charge in [-0.3, -0.25) is 0 Å². The van der Waals surface area contributed by atoms with Crippen LogP contribution in [-0.4, -0.2) is 12.6 Å². The summed E-state index contributed by atoms with van der Waals surface area (Å²) in [6, 6.07) is 11.0. The van der Waals surface area contributed by atoms with Gasteiger partial charge in [0.15, 0.2) is 11.6 Å². The number of hydrogen-bond acceptors (Lipinski definition) is 2. The Labute approximate surface area is 123 Å². The molecule has 1 unspecified atom stereocenters. The molecule has 1 aliphatic rings. The van der Waals surface area contributed by atoms with Gasteiger partial charge in [-0.2, -0.15) is 0 Å². The fraction of sp³-hybridized carbons (Fsp3) is 0.294. The Balaban J connectivity index is 1.97. The van der Waals surface area contributed by atoms with Gasteiger partial charge in [0, 0.05) is 31.3 Å². The fourth-order valence-electron chi connectivity index (χ4n) is 2.77. The van der Waals surface area contributed by atoms with E-state index in [-0.39, 0.29) is 6.04 Å². The van der Waals surface area contributed by atoms with Crippen LogP contribution in [0, 0.1) is 18.6 Å². The normalized spacial score (nSPS) is 17.3. The molecule has 4 heteroatoms. The van der Waals surface area contributed by atoms with Crippen molar-refractivity contribution in [2.24, 2.45) is 0 Å². The van der Waals surface area contributed by atoms with E-state index < -0.39 is 11.6 Å². The van der Waals surface area contributed by atoms with E-state index in [9.17, 15) is 8.78 Å². The topological polar surface area (TPSA) is 15.3 Å². The largest absolute Gasteiger partial charge is 0.381 e. The molecule has 0 saturated carbocycles. The minimum absolute atomic E-state index is 0.211. The van der Waals surface area contributed by atoms with Gasteiger partial charge in [0.05, 0.1) is 11.4 Å². The van der Waals surface area contributed by atoms with Crippen molar-refractivity contribution in [2.45, 2.75) is 26.4 Å². The molecule has 0 aliphatic carbocycles. The molecule has 2 aromatic rings. The van der Waals surface area contributed by atoms with Crippen molar-refractivity contribution in [3.63, 3.8) is 0 Å². The highest BCUT2D eigenvalue weighted by molar-refractivity contribution is 5.73. The van der Waals surface area contributed by atoms with E-state index in [1.165, 1.54) is 23.3 Å². The molecule has 0 fully saturated rings. The lowest BCUT2D eigenvalue weighted by Gasteiger charge is -2.38. The molecule has 0 saturated heterocycles. The highest BCUT2D eigenvalue weighted by atomic mass is 19.2. The molecule has 0 aromatic heterocycles. The third-order valence-corrected chi connectivity index (χ3v) is 3.90. The maximum atomic E-state index is 13.6.